The van der Waals surface area contributed by atoms with Crippen LogP contribution in [0.25, 0.3) is 0 Å². The zero-order chi connectivity index (χ0) is 12.6. The van der Waals surface area contributed by atoms with Gasteiger partial charge in [-0.3, -0.25) is 4.79 Å². The standard InChI is InChI=1S/C11H14N2O3/c1-4-6-8(12)10(14)13-9(7-5-2)11(15)16-3/h1-2,8-9H,6-7,12H2,3H3,(H,13,14)/t8-,9-/m0/s1. The normalized spacial score (nSPS) is 12.8. The number of carbonyl (C=O) groups excluding carboxylic acids is 2. The highest BCUT2D eigenvalue weighted by Gasteiger charge is 2.22. The lowest BCUT2D eigenvalue weighted by atomic mass is 10.1. The highest BCUT2D eigenvalue weighted by Crippen LogP contribution is 1.96. The van der Waals surface area contributed by atoms with Gasteiger partial charge in [0.25, 0.3) is 0 Å². The van der Waals surface area contributed by atoms with Crippen molar-refractivity contribution < 1.29 is 14.3 Å². The minimum atomic E-state index is -0.883. The molecule has 0 spiro atoms. The maximum atomic E-state index is 11.4. The predicted octanol–water partition coefficient (Wildman–Crippen LogP) is -0.982. The first-order valence-electron chi connectivity index (χ1n) is 4.57. The Kier molecular flexibility index (Phi) is 6.42. The van der Waals surface area contributed by atoms with Gasteiger partial charge in [0.05, 0.1) is 13.2 Å². The molecule has 86 valence electrons. The van der Waals surface area contributed by atoms with Gasteiger partial charge < -0.3 is 15.8 Å². The smallest absolute Gasteiger partial charge is 0.329 e. The number of methoxy groups -OCH3 is 1. The molecule has 0 aromatic heterocycles. The van der Waals surface area contributed by atoms with Crippen LogP contribution in [0.2, 0.25) is 0 Å². The van der Waals surface area contributed by atoms with Crippen molar-refractivity contribution in [2.45, 2.75) is 24.9 Å². The van der Waals surface area contributed by atoms with E-state index in [0.717, 1.165) is 0 Å². The van der Waals surface area contributed by atoms with Gasteiger partial charge in [-0.2, -0.15) is 0 Å². The van der Waals surface area contributed by atoms with Crippen molar-refractivity contribution in [3.63, 3.8) is 0 Å². The van der Waals surface area contributed by atoms with Crippen LogP contribution in [-0.4, -0.2) is 31.1 Å². The molecule has 0 aromatic rings. The van der Waals surface area contributed by atoms with Crippen LogP contribution in [0.3, 0.4) is 0 Å². The molecule has 0 unspecified atom stereocenters. The Morgan fingerprint density at radius 1 is 1.38 bits per heavy atom. The average Bonchev–Trinajstić information content (AvgIpc) is 2.27. The Morgan fingerprint density at radius 2 is 1.94 bits per heavy atom. The van der Waals surface area contributed by atoms with Crippen LogP contribution < -0.4 is 11.1 Å². The Hall–Kier alpha value is -1.98. The summed E-state index contributed by atoms with van der Waals surface area (Å²) in [6, 6.07) is -1.73. The molecule has 1 amide bonds. The second-order valence-electron chi connectivity index (χ2n) is 3.01. The quantitative estimate of drug-likeness (QED) is 0.462. The molecule has 0 fully saturated rings. The summed E-state index contributed by atoms with van der Waals surface area (Å²) in [6.45, 7) is 0. The van der Waals surface area contributed by atoms with Crippen molar-refractivity contribution in [2.24, 2.45) is 5.73 Å². The van der Waals surface area contributed by atoms with Crippen LogP contribution in [0, 0.1) is 24.7 Å². The molecule has 0 saturated heterocycles. The van der Waals surface area contributed by atoms with Crippen molar-refractivity contribution in [3.8, 4) is 24.7 Å². The second kappa shape index (κ2) is 7.33. The molecule has 0 aliphatic carbocycles. The predicted molar refractivity (Wildman–Crippen MR) is 58.8 cm³/mol. The first-order chi connectivity index (χ1) is 7.56. The largest absolute Gasteiger partial charge is 0.467 e. The molecule has 0 aliphatic rings. The van der Waals surface area contributed by atoms with Crippen molar-refractivity contribution >= 4 is 11.9 Å². The van der Waals surface area contributed by atoms with Gasteiger partial charge in [-0.05, 0) is 0 Å². The Bertz CT molecular complexity index is 338. The lowest BCUT2D eigenvalue weighted by Gasteiger charge is -2.16. The van der Waals surface area contributed by atoms with Crippen LogP contribution >= 0.6 is 0 Å². The lowest BCUT2D eigenvalue weighted by molar-refractivity contribution is -0.145. The lowest BCUT2D eigenvalue weighted by Crippen LogP contribution is -2.48. The summed E-state index contributed by atoms with van der Waals surface area (Å²) in [7, 11) is 1.21. The number of esters is 1. The summed E-state index contributed by atoms with van der Waals surface area (Å²) in [5.74, 6) is 3.38. The number of nitrogens with one attached hydrogen (secondary N) is 1. The molecule has 0 aliphatic heterocycles. The number of nitrogens with two attached hydrogens (primary N) is 1. The van der Waals surface area contributed by atoms with Crippen molar-refractivity contribution in [3.05, 3.63) is 0 Å². The Balaban J connectivity index is 4.41. The zero-order valence-corrected chi connectivity index (χ0v) is 9.03. The van der Waals surface area contributed by atoms with Gasteiger partial charge in [-0.15, -0.1) is 24.7 Å². The fraction of sp³-hybridized carbons (Fsp3) is 0.455. The number of ether oxygens (including phenoxy) is 1. The first kappa shape index (κ1) is 14.0. The monoisotopic (exact) mass is 222 g/mol. The van der Waals surface area contributed by atoms with Crippen LogP contribution in [0.4, 0.5) is 0 Å². The van der Waals surface area contributed by atoms with Gasteiger partial charge in [-0.25, -0.2) is 4.79 Å². The molecule has 0 heterocycles. The van der Waals surface area contributed by atoms with Crippen molar-refractivity contribution in [1.82, 2.24) is 5.32 Å². The van der Waals surface area contributed by atoms with E-state index in [1.54, 1.807) is 0 Å². The van der Waals surface area contributed by atoms with Gasteiger partial charge >= 0.3 is 5.97 Å². The molecule has 0 aromatic carbocycles. The summed E-state index contributed by atoms with van der Waals surface area (Å²) in [4.78, 5) is 22.6. The van der Waals surface area contributed by atoms with E-state index in [1.165, 1.54) is 7.11 Å². The minimum absolute atomic E-state index is 0.0428. The molecule has 0 saturated carbocycles. The van der Waals surface area contributed by atoms with E-state index < -0.39 is 24.0 Å². The molecular formula is C11H14N2O3. The average molecular weight is 222 g/mol. The summed E-state index contributed by atoms with van der Waals surface area (Å²) >= 11 is 0. The highest BCUT2D eigenvalue weighted by atomic mass is 16.5. The van der Waals surface area contributed by atoms with Gasteiger partial charge in [0.2, 0.25) is 5.91 Å². The van der Waals surface area contributed by atoms with Crippen LogP contribution in [0.5, 0.6) is 0 Å². The second-order valence-corrected chi connectivity index (χ2v) is 3.01. The number of carbonyl (C=O) groups is 2. The molecule has 0 radical (unpaired) electrons. The molecule has 0 bridgehead atoms. The van der Waals surface area contributed by atoms with E-state index in [2.05, 4.69) is 21.9 Å². The molecule has 16 heavy (non-hydrogen) atoms. The first-order valence-corrected chi connectivity index (χ1v) is 4.57. The minimum Gasteiger partial charge on any atom is -0.467 e. The number of terminal acetylenes is 2. The van der Waals surface area contributed by atoms with Crippen LogP contribution in [0.15, 0.2) is 0 Å². The van der Waals surface area contributed by atoms with E-state index in [9.17, 15) is 9.59 Å². The van der Waals surface area contributed by atoms with Crippen molar-refractivity contribution in [1.29, 1.82) is 0 Å². The molecule has 0 rings (SSSR count). The maximum Gasteiger partial charge on any atom is 0.329 e. The third-order valence-corrected chi connectivity index (χ3v) is 1.80. The number of rotatable bonds is 5. The SMILES string of the molecule is C#CC[C@H](NC(=O)[C@@H](N)CC#C)C(=O)OC. The van der Waals surface area contributed by atoms with Crippen LogP contribution in [0.1, 0.15) is 12.8 Å². The summed E-state index contributed by atoms with van der Waals surface area (Å²) in [5, 5.41) is 2.38. The van der Waals surface area contributed by atoms with E-state index in [1.807, 2.05) is 0 Å². The summed E-state index contributed by atoms with van der Waals surface area (Å²) in [6.07, 6.45) is 10.2. The van der Waals surface area contributed by atoms with Gasteiger partial charge in [0, 0.05) is 12.8 Å². The highest BCUT2D eigenvalue weighted by molar-refractivity contribution is 5.87. The van der Waals surface area contributed by atoms with Crippen LogP contribution in [-0.2, 0) is 14.3 Å². The Morgan fingerprint density at radius 3 is 2.38 bits per heavy atom. The fourth-order valence-electron chi connectivity index (χ4n) is 0.952. The van der Waals surface area contributed by atoms with Gasteiger partial charge in [0.1, 0.15) is 6.04 Å². The molecule has 3 N–H and O–H groups in total. The third kappa shape index (κ3) is 4.50. The summed E-state index contributed by atoms with van der Waals surface area (Å²) in [5.41, 5.74) is 5.46. The topological polar surface area (TPSA) is 81.4 Å². The Labute approximate surface area is 94.7 Å². The molecule has 2 atom stereocenters. The van der Waals surface area contributed by atoms with E-state index >= 15 is 0 Å². The molecular weight excluding hydrogens is 208 g/mol. The zero-order valence-electron chi connectivity index (χ0n) is 9.03. The fourth-order valence-corrected chi connectivity index (χ4v) is 0.952. The number of hydrogen-bond donors (Lipinski definition) is 2. The van der Waals surface area contributed by atoms with E-state index in [4.69, 9.17) is 18.6 Å². The van der Waals surface area contributed by atoms with Gasteiger partial charge in [-0.1, -0.05) is 0 Å². The number of amides is 1. The third-order valence-electron chi connectivity index (χ3n) is 1.80. The van der Waals surface area contributed by atoms with Crippen molar-refractivity contribution in [2.75, 3.05) is 7.11 Å². The van der Waals surface area contributed by atoms with E-state index in [0.29, 0.717) is 0 Å². The maximum absolute atomic E-state index is 11.4. The molecule has 5 heteroatoms. The van der Waals surface area contributed by atoms with E-state index in [-0.39, 0.29) is 12.8 Å². The molecule has 5 nitrogen and oxygen atoms in total. The summed E-state index contributed by atoms with van der Waals surface area (Å²) < 4.78 is 4.48. The van der Waals surface area contributed by atoms with Gasteiger partial charge in [0.15, 0.2) is 0 Å². The number of hydrogen-bond acceptors (Lipinski definition) is 4.